The number of methoxy groups -OCH3 is 1. The molecule has 1 rings (SSSR count). The smallest absolute Gasteiger partial charge is 0.115 e. The van der Waals surface area contributed by atoms with Crippen LogP contribution < -0.4 is 5.32 Å². The molecule has 0 spiro atoms. The van der Waals surface area contributed by atoms with Gasteiger partial charge in [0.2, 0.25) is 0 Å². The van der Waals surface area contributed by atoms with Crippen molar-refractivity contribution in [2.24, 2.45) is 0 Å². The van der Waals surface area contributed by atoms with Crippen LogP contribution in [0.3, 0.4) is 0 Å². The maximum Gasteiger partial charge on any atom is 0.115 e. The quantitative estimate of drug-likeness (QED) is 0.701. The molecule has 13 heavy (non-hydrogen) atoms. The summed E-state index contributed by atoms with van der Waals surface area (Å²) in [5, 5.41) is 6.23. The molecule has 0 bridgehead atoms. The molecule has 4 heteroatoms. The fraction of sp³-hybridized carbons (Fsp3) is 0.444. The van der Waals surface area contributed by atoms with Gasteiger partial charge in [0.1, 0.15) is 5.01 Å². The zero-order chi connectivity index (χ0) is 9.36. The van der Waals surface area contributed by atoms with Crippen molar-refractivity contribution in [2.45, 2.75) is 0 Å². The van der Waals surface area contributed by atoms with Gasteiger partial charge in [-0.05, 0) is 6.08 Å². The molecule has 0 amide bonds. The largest absolute Gasteiger partial charge is 0.383 e. The van der Waals surface area contributed by atoms with Crippen molar-refractivity contribution >= 4 is 17.4 Å². The number of thiazole rings is 1. The SMILES string of the molecule is COCCNC/C=C/c1nccs1. The zero-order valence-corrected chi connectivity index (χ0v) is 8.51. The third-order valence-electron chi connectivity index (χ3n) is 1.46. The Kier molecular flexibility index (Phi) is 5.40. The van der Waals surface area contributed by atoms with Crippen LogP contribution in [0.4, 0.5) is 0 Å². The van der Waals surface area contributed by atoms with Crippen molar-refractivity contribution in [3.63, 3.8) is 0 Å². The van der Waals surface area contributed by atoms with Crippen molar-refractivity contribution < 1.29 is 4.74 Å². The average molecular weight is 198 g/mol. The number of ether oxygens (including phenoxy) is 1. The highest BCUT2D eigenvalue weighted by molar-refractivity contribution is 7.10. The lowest BCUT2D eigenvalue weighted by molar-refractivity contribution is 0.200. The van der Waals surface area contributed by atoms with Gasteiger partial charge in [0.05, 0.1) is 6.61 Å². The van der Waals surface area contributed by atoms with Crippen LogP contribution in [0, 0.1) is 0 Å². The molecule has 1 aromatic heterocycles. The Hall–Kier alpha value is -0.710. The normalized spacial score (nSPS) is 11.2. The Labute approximate surface area is 82.5 Å². The average Bonchev–Trinajstić information content (AvgIpc) is 2.63. The first kappa shape index (κ1) is 10.4. The predicted octanol–water partition coefficient (Wildman–Crippen LogP) is 1.39. The zero-order valence-electron chi connectivity index (χ0n) is 7.69. The predicted molar refractivity (Wildman–Crippen MR) is 55.9 cm³/mol. The van der Waals surface area contributed by atoms with E-state index >= 15 is 0 Å². The molecule has 0 fully saturated rings. The van der Waals surface area contributed by atoms with Gasteiger partial charge in [-0.3, -0.25) is 0 Å². The molecule has 1 heterocycles. The summed E-state index contributed by atoms with van der Waals surface area (Å²) >= 11 is 1.64. The minimum absolute atomic E-state index is 0.755. The summed E-state index contributed by atoms with van der Waals surface area (Å²) in [6, 6.07) is 0. The van der Waals surface area contributed by atoms with Crippen LogP contribution in [0.2, 0.25) is 0 Å². The van der Waals surface area contributed by atoms with Crippen molar-refractivity contribution in [2.75, 3.05) is 26.8 Å². The van der Waals surface area contributed by atoms with Crippen LogP contribution in [0.1, 0.15) is 5.01 Å². The molecule has 0 aliphatic heterocycles. The van der Waals surface area contributed by atoms with Crippen LogP contribution in [0.25, 0.3) is 6.08 Å². The lowest BCUT2D eigenvalue weighted by Gasteiger charge is -1.98. The number of nitrogens with zero attached hydrogens (tertiary/aromatic N) is 1. The fourth-order valence-corrected chi connectivity index (χ4v) is 1.39. The molecule has 0 atom stereocenters. The lowest BCUT2D eigenvalue weighted by atomic mass is 10.5. The van der Waals surface area contributed by atoms with E-state index in [9.17, 15) is 0 Å². The van der Waals surface area contributed by atoms with Crippen molar-refractivity contribution in [1.29, 1.82) is 0 Å². The van der Waals surface area contributed by atoms with Crippen LogP contribution in [0.15, 0.2) is 17.7 Å². The van der Waals surface area contributed by atoms with E-state index in [0.29, 0.717) is 0 Å². The van der Waals surface area contributed by atoms with Crippen LogP contribution in [-0.4, -0.2) is 31.8 Å². The van der Waals surface area contributed by atoms with E-state index in [1.807, 2.05) is 17.7 Å². The van der Waals surface area contributed by atoms with Gasteiger partial charge in [-0.25, -0.2) is 4.98 Å². The van der Waals surface area contributed by atoms with Gasteiger partial charge in [-0.1, -0.05) is 6.08 Å². The van der Waals surface area contributed by atoms with E-state index in [1.165, 1.54) is 0 Å². The van der Waals surface area contributed by atoms with E-state index in [2.05, 4.69) is 16.4 Å². The van der Waals surface area contributed by atoms with Gasteiger partial charge in [-0.15, -0.1) is 11.3 Å². The third kappa shape index (κ3) is 4.77. The molecular formula is C9H14N2OS. The molecule has 0 aliphatic rings. The number of hydrogen-bond acceptors (Lipinski definition) is 4. The Bertz CT molecular complexity index is 234. The summed E-state index contributed by atoms with van der Waals surface area (Å²) in [6.07, 6.45) is 5.89. The van der Waals surface area contributed by atoms with Crippen LogP contribution in [-0.2, 0) is 4.74 Å². The monoisotopic (exact) mass is 198 g/mol. The van der Waals surface area contributed by atoms with Gasteiger partial charge < -0.3 is 10.1 Å². The fourth-order valence-electron chi connectivity index (χ4n) is 0.836. The van der Waals surface area contributed by atoms with E-state index in [4.69, 9.17) is 4.74 Å². The van der Waals surface area contributed by atoms with E-state index in [0.717, 1.165) is 24.7 Å². The summed E-state index contributed by atoms with van der Waals surface area (Å²) < 4.78 is 4.90. The first-order chi connectivity index (χ1) is 6.43. The molecule has 0 aromatic carbocycles. The maximum atomic E-state index is 4.90. The summed E-state index contributed by atoms with van der Waals surface area (Å²) in [5.74, 6) is 0. The highest BCUT2D eigenvalue weighted by atomic mass is 32.1. The minimum Gasteiger partial charge on any atom is -0.383 e. The van der Waals surface area contributed by atoms with Gasteiger partial charge in [-0.2, -0.15) is 0 Å². The van der Waals surface area contributed by atoms with E-state index < -0.39 is 0 Å². The molecule has 3 nitrogen and oxygen atoms in total. The summed E-state index contributed by atoms with van der Waals surface area (Å²) in [6.45, 7) is 2.51. The molecule has 0 saturated heterocycles. The lowest BCUT2D eigenvalue weighted by Crippen LogP contribution is -2.18. The molecule has 1 N–H and O–H groups in total. The highest BCUT2D eigenvalue weighted by Crippen LogP contribution is 2.04. The molecule has 72 valence electrons. The molecule has 1 aromatic rings. The van der Waals surface area contributed by atoms with E-state index in [-0.39, 0.29) is 0 Å². The second-order valence-electron chi connectivity index (χ2n) is 2.47. The summed E-state index contributed by atoms with van der Waals surface area (Å²) in [5.41, 5.74) is 0. The molecule has 0 saturated carbocycles. The number of rotatable bonds is 6. The van der Waals surface area contributed by atoms with Crippen molar-refractivity contribution in [1.82, 2.24) is 10.3 Å². The maximum absolute atomic E-state index is 4.90. The molecule has 0 radical (unpaired) electrons. The highest BCUT2D eigenvalue weighted by Gasteiger charge is 1.86. The number of hydrogen-bond donors (Lipinski definition) is 1. The third-order valence-corrected chi connectivity index (χ3v) is 2.20. The molecular weight excluding hydrogens is 184 g/mol. The second-order valence-corrected chi connectivity index (χ2v) is 3.40. The molecule has 0 aliphatic carbocycles. The first-order valence-corrected chi connectivity index (χ1v) is 5.07. The van der Waals surface area contributed by atoms with E-state index in [1.54, 1.807) is 18.4 Å². The van der Waals surface area contributed by atoms with Gasteiger partial charge in [0, 0.05) is 31.8 Å². The van der Waals surface area contributed by atoms with Crippen LogP contribution in [0.5, 0.6) is 0 Å². The van der Waals surface area contributed by atoms with Crippen molar-refractivity contribution in [3.05, 3.63) is 22.7 Å². The minimum atomic E-state index is 0.755. The Morgan fingerprint density at radius 2 is 2.62 bits per heavy atom. The van der Waals surface area contributed by atoms with Gasteiger partial charge >= 0.3 is 0 Å². The first-order valence-electron chi connectivity index (χ1n) is 4.19. The van der Waals surface area contributed by atoms with Gasteiger partial charge in [0.15, 0.2) is 0 Å². The number of nitrogens with one attached hydrogen (secondary N) is 1. The summed E-state index contributed by atoms with van der Waals surface area (Å²) in [7, 11) is 1.70. The summed E-state index contributed by atoms with van der Waals surface area (Å²) in [4.78, 5) is 4.13. The topological polar surface area (TPSA) is 34.1 Å². The van der Waals surface area contributed by atoms with Gasteiger partial charge in [0.25, 0.3) is 0 Å². The second kappa shape index (κ2) is 6.77. The Morgan fingerprint density at radius 1 is 1.69 bits per heavy atom. The Morgan fingerprint density at radius 3 is 3.31 bits per heavy atom. The Balaban J connectivity index is 2.05. The molecule has 0 unspecified atom stereocenters. The number of aromatic nitrogens is 1. The van der Waals surface area contributed by atoms with Crippen molar-refractivity contribution in [3.8, 4) is 0 Å². The van der Waals surface area contributed by atoms with Crippen LogP contribution >= 0.6 is 11.3 Å². The standard InChI is InChI=1S/C9H14N2OS/c1-12-7-5-10-4-2-3-9-11-6-8-13-9/h2-3,6,8,10H,4-5,7H2,1H3/b3-2+.